The summed E-state index contributed by atoms with van der Waals surface area (Å²) in [5.74, 6) is 2.62. The maximum Gasteiger partial charge on any atom is 0.407 e. The molecule has 9 nitrogen and oxygen atoms in total. The second-order valence-corrected chi connectivity index (χ2v) is 14.9. The van der Waals surface area contributed by atoms with Crippen LogP contribution in [0.4, 0.5) is 10.6 Å². The Kier molecular flexibility index (Phi) is 9.90. The first kappa shape index (κ1) is 33.0. The molecule has 3 aliphatic carbocycles. The number of anilines is 1. The first-order valence-electron chi connectivity index (χ1n) is 17.5. The zero-order valence-electron chi connectivity index (χ0n) is 28.7. The lowest BCUT2D eigenvalue weighted by molar-refractivity contribution is -0.123. The van der Waals surface area contributed by atoms with Crippen LogP contribution in [-0.2, 0) is 9.53 Å². The molecule has 0 saturated heterocycles. The molecule has 6 rings (SSSR count). The van der Waals surface area contributed by atoms with E-state index in [-0.39, 0.29) is 24.0 Å². The van der Waals surface area contributed by atoms with Crippen molar-refractivity contribution >= 4 is 17.8 Å². The highest BCUT2D eigenvalue weighted by Gasteiger charge is 2.34. The summed E-state index contributed by atoms with van der Waals surface area (Å²) in [6.07, 6.45) is 15.1. The van der Waals surface area contributed by atoms with E-state index >= 15 is 0 Å². The van der Waals surface area contributed by atoms with Gasteiger partial charge >= 0.3 is 6.09 Å². The highest BCUT2D eigenvalue weighted by molar-refractivity contribution is 5.94. The molecule has 2 aromatic heterocycles. The molecule has 0 spiro atoms. The first-order valence-corrected chi connectivity index (χ1v) is 17.5. The Balaban J connectivity index is 1.15. The molecule has 252 valence electrons. The van der Waals surface area contributed by atoms with Crippen LogP contribution in [0.3, 0.4) is 0 Å². The minimum atomic E-state index is -0.539. The van der Waals surface area contributed by atoms with Crippen LogP contribution in [0.2, 0.25) is 0 Å². The van der Waals surface area contributed by atoms with E-state index in [4.69, 9.17) is 14.5 Å². The number of nitrogens with one attached hydrogen (secondary N) is 1. The topological polar surface area (TPSA) is 98.6 Å². The number of ether oxygens (including phenoxy) is 2. The maximum atomic E-state index is 14.4. The number of aromatic nitrogens is 3. The Morgan fingerprint density at radius 3 is 2.36 bits per heavy atom. The number of hydrogen-bond donors (Lipinski definition) is 1. The van der Waals surface area contributed by atoms with E-state index in [2.05, 4.69) is 52.5 Å². The number of alkyl carbamates (subject to hydrolysis) is 1. The molecule has 0 unspecified atom stereocenters. The van der Waals surface area contributed by atoms with Gasteiger partial charge in [-0.3, -0.25) is 14.4 Å². The van der Waals surface area contributed by atoms with Crippen molar-refractivity contribution in [2.45, 2.75) is 116 Å². The Morgan fingerprint density at radius 2 is 1.70 bits per heavy atom. The average Bonchev–Trinajstić information content (AvgIpc) is 3.79. The van der Waals surface area contributed by atoms with Crippen LogP contribution in [0.5, 0.6) is 5.75 Å². The van der Waals surface area contributed by atoms with Gasteiger partial charge in [0.2, 0.25) is 5.91 Å². The van der Waals surface area contributed by atoms with Crippen LogP contribution in [0.25, 0.3) is 11.1 Å². The molecule has 3 saturated carbocycles. The maximum absolute atomic E-state index is 14.4. The molecule has 0 aliphatic heterocycles. The first-order chi connectivity index (χ1) is 22.6. The fourth-order valence-electron chi connectivity index (χ4n) is 7.34. The Labute approximate surface area is 279 Å². The van der Waals surface area contributed by atoms with Gasteiger partial charge in [0.05, 0.1) is 19.3 Å². The van der Waals surface area contributed by atoms with Gasteiger partial charge in [0, 0.05) is 36.5 Å². The van der Waals surface area contributed by atoms with Gasteiger partial charge in [0.25, 0.3) is 0 Å². The molecular formula is C38H51N5O4. The lowest BCUT2D eigenvalue weighted by Gasteiger charge is -2.36. The van der Waals surface area contributed by atoms with Crippen LogP contribution < -0.4 is 15.0 Å². The van der Waals surface area contributed by atoms with Crippen molar-refractivity contribution in [3.63, 3.8) is 0 Å². The van der Waals surface area contributed by atoms with Crippen LogP contribution in [0, 0.1) is 18.8 Å². The van der Waals surface area contributed by atoms with Crippen molar-refractivity contribution in [2.75, 3.05) is 18.6 Å². The third-order valence-electron chi connectivity index (χ3n) is 10.1. The van der Waals surface area contributed by atoms with Gasteiger partial charge in [-0.05, 0) is 139 Å². The lowest BCUT2D eigenvalue weighted by atomic mass is 9.78. The van der Waals surface area contributed by atoms with Gasteiger partial charge in [0.15, 0.2) is 0 Å². The number of nitrogens with zero attached hydrogens (tertiary/aromatic N) is 4. The van der Waals surface area contributed by atoms with E-state index in [9.17, 15) is 9.59 Å². The molecule has 0 bridgehead atoms. The average molecular weight is 642 g/mol. The molecule has 2 heterocycles. The third-order valence-corrected chi connectivity index (χ3v) is 10.1. The zero-order chi connectivity index (χ0) is 33.1. The number of amides is 2. The van der Waals surface area contributed by atoms with Crippen molar-refractivity contribution < 1.29 is 19.1 Å². The van der Waals surface area contributed by atoms with Gasteiger partial charge in [-0.15, -0.1) is 0 Å². The highest BCUT2D eigenvalue weighted by atomic mass is 16.6. The fraction of sp³-hybridized carbons (Fsp3) is 0.579. The summed E-state index contributed by atoms with van der Waals surface area (Å²) >= 11 is 0. The standard InChI is InChI=1S/C38H51N5O4/c1-25-20-29(12-17-34(25)46-5)27-8-6-26(7-9-27)23-42(35-21-30(18-19-39-35)31-22-40-43(24-31)33-15-16-33)36(44)28-10-13-32(14-11-28)41-37(45)47-38(2,3)4/h12,17-22,24,26-28,32-33H,6-11,13-16,23H2,1-5H3,(H,41,45). The minimum absolute atomic E-state index is 0.0173. The van der Waals surface area contributed by atoms with Gasteiger partial charge in [-0.25, -0.2) is 9.78 Å². The summed E-state index contributed by atoms with van der Waals surface area (Å²) in [4.78, 5) is 33.5. The van der Waals surface area contributed by atoms with E-state index in [0.29, 0.717) is 30.2 Å². The molecule has 3 aliphatic rings. The second-order valence-electron chi connectivity index (χ2n) is 14.9. The molecule has 47 heavy (non-hydrogen) atoms. The smallest absolute Gasteiger partial charge is 0.407 e. The monoisotopic (exact) mass is 641 g/mol. The Bertz CT molecular complexity index is 1540. The number of carbonyl (C=O) groups is 2. The quantitative estimate of drug-likeness (QED) is 0.254. The second kappa shape index (κ2) is 14.1. The summed E-state index contributed by atoms with van der Waals surface area (Å²) in [7, 11) is 1.72. The molecule has 0 radical (unpaired) electrons. The summed E-state index contributed by atoms with van der Waals surface area (Å²) < 4.78 is 13.0. The lowest BCUT2D eigenvalue weighted by Crippen LogP contribution is -2.45. The Morgan fingerprint density at radius 1 is 0.957 bits per heavy atom. The van der Waals surface area contributed by atoms with Gasteiger partial charge in [-0.1, -0.05) is 12.1 Å². The molecule has 3 fully saturated rings. The van der Waals surface area contributed by atoms with Gasteiger partial charge in [-0.2, -0.15) is 5.10 Å². The molecule has 2 amide bonds. The van der Waals surface area contributed by atoms with E-state index in [1.807, 2.05) is 44.1 Å². The summed E-state index contributed by atoms with van der Waals surface area (Å²) in [5.41, 5.74) is 4.10. The normalized spacial score (nSPS) is 23.2. The summed E-state index contributed by atoms with van der Waals surface area (Å²) in [6, 6.07) is 11.2. The Hall–Kier alpha value is -3.88. The minimum Gasteiger partial charge on any atom is -0.496 e. The third kappa shape index (κ3) is 8.35. The largest absolute Gasteiger partial charge is 0.496 e. The molecule has 9 heteroatoms. The predicted molar refractivity (Wildman–Crippen MR) is 184 cm³/mol. The number of aryl methyl sites for hydroxylation is 1. The van der Waals surface area contributed by atoms with E-state index in [1.165, 1.54) is 24.0 Å². The SMILES string of the molecule is COc1ccc(C2CCC(CN(C(=O)C3CCC(NC(=O)OC(C)(C)C)CC3)c3cc(-c4cnn(C5CC5)c4)ccn3)CC2)cc1C. The number of pyridine rings is 1. The molecule has 1 N–H and O–H groups in total. The van der Waals surface area contributed by atoms with E-state index < -0.39 is 5.60 Å². The number of rotatable bonds is 9. The van der Waals surface area contributed by atoms with Gasteiger partial charge < -0.3 is 14.8 Å². The van der Waals surface area contributed by atoms with Crippen molar-refractivity contribution in [3.8, 4) is 16.9 Å². The van der Waals surface area contributed by atoms with Gasteiger partial charge in [0.1, 0.15) is 17.2 Å². The number of methoxy groups -OCH3 is 1. The number of benzene rings is 1. The number of hydrogen-bond acceptors (Lipinski definition) is 6. The molecular weight excluding hydrogens is 590 g/mol. The van der Waals surface area contributed by atoms with E-state index in [1.54, 1.807) is 7.11 Å². The van der Waals surface area contributed by atoms with Crippen molar-refractivity contribution in [2.24, 2.45) is 11.8 Å². The predicted octanol–water partition coefficient (Wildman–Crippen LogP) is 7.99. The van der Waals surface area contributed by atoms with Crippen molar-refractivity contribution in [1.29, 1.82) is 0 Å². The summed E-state index contributed by atoms with van der Waals surface area (Å²) in [5, 5.41) is 7.61. The van der Waals surface area contributed by atoms with Crippen LogP contribution in [0.15, 0.2) is 48.9 Å². The number of carbonyl (C=O) groups excluding carboxylic acids is 2. The molecule has 1 aromatic carbocycles. The summed E-state index contributed by atoms with van der Waals surface area (Å²) in [6.45, 7) is 8.37. The van der Waals surface area contributed by atoms with Crippen molar-refractivity contribution in [3.05, 3.63) is 60.0 Å². The van der Waals surface area contributed by atoms with E-state index in [0.717, 1.165) is 68.2 Å². The molecule has 0 atom stereocenters. The molecule has 3 aromatic rings. The highest BCUT2D eigenvalue weighted by Crippen LogP contribution is 2.39. The fourth-order valence-corrected chi connectivity index (χ4v) is 7.34. The zero-order valence-corrected chi connectivity index (χ0v) is 28.7. The van der Waals surface area contributed by atoms with Crippen LogP contribution in [0.1, 0.15) is 108 Å². The van der Waals surface area contributed by atoms with Crippen LogP contribution >= 0.6 is 0 Å². The van der Waals surface area contributed by atoms with Crippen LogP contribution in [-0.4, -0.2) is 52.1 Å². The van der Waals surface area contributed by atoms with Crippen molar-refractivity contribution in [1.82, 2.24) is 20.1 Å².